The van der Waals surface area contributed by atoms with Crippen LogP contribution in [-0.4, -0.2) is 56.1 Å². The molecular weight excluding hydrogens is 346 g/mol. The van der Waals surface area contributed by atoms with Crippen LogP contribution in [0, 0.1) is 13.8 Å². The highest BCUT2D eigenvalue weighted by Gasteiger charge is 2.33. The maximum Gasteiger partial charge on any atom is 0.324 e. The lowest BCUT2D eigenvalue weighted by atomic mass is 10.1. The third-order valence-electron chi connectivity index (χ3n) is 4.61. The lowest BCUT2D eigenvalue weighted by Gasteiger charge is -2.39. The van der Waals surface area contributed by atoms with E-state index in [1.54, 1.807) is 12.0 Å². The van der Waals surface area contributed by atoms with Gasteiger partial charge in [0, 0.05) is 24.3 Å². The predicted octanol–water partition coefficient (Wildman–Crippen LogP) is 2.38. The number of urea groups is 1. The van der Waals surface area contributed by atoms with Crippen molar-refractivity contribution in [2.24, 2.45) is 0 Å². The molecule has 3 aromatic rings. The minimum atomic E-state index is -0.215. The van der Waals surface area contributed by atoms with E-state index in [0.29, 0.717) is 18.9 Å². The molecular formula is C18H21N7O2. The number of benzene rings is 1. The third-order valence-corrected chi connectivity index (χ3v) is 4.61. The number of amides is 2. The number of likely N-dealkylation sites (tertiary alicyclic amines) is 1. The van der Waals surface area contributed by atoms with Gasteiger partial charge < -0.3 is 9.64 Å². The van der Waals surface area contributed by atoms with Gasteiger partial charge in [-0.05, 0) is 44.2 Å². The third kappa shape index (κ3) is 3.35. The highest BCUT2D eigenvalue weighted by atomic mass is 16.5. The maximum absolute atomic E-state index is 12.4. The van der Waals surface area contributed by atoms with Crippen LogP contribution in [0.4, 0.5) is 10.7 Å². The Bertz CT molecular complexity index is 955. The van der Waals surface area contributed by atoms with Crippen LogP contribution in [0.3, 0.4) is 0 Å². The fourth-order valence-electron chi connectivity index (χ4n) is 3.16. The van der Waals surface area contributed by atoms with E-state index in [1.165, 1.54) is 0 Å². The van der Waals surface area contributed by atoms with Crippen LogP contribution in [0.25, 0.3) is 11.4 Å². The van der Waals surface area contributed by atoms with Crippen molar-refractivity contribution in [3.05, 3.63) is 41.7 Å². The van der Waals surface area contributed by atoms with Crippen LogP contribution < -0.4 is 10.1 Å². The number of carbonyl (C=O) groups excluding carboxylic acids is 1. The number of ether oxygens (including phenoxy) is 1. The standard InChI is InChI=1S/C18H21N7O2/c1-11-8-12(2)25(23-11)14-9-24(10-14)18(26)20-17-19-16(21-22-17)13-4-6-15(27-3)7-5-13/h4-8,14H,9-10H2,1-3H3,(H2,19,20,21,22,26). The van der Waals surface area contributed by atoms with Gasteiger partial charge in [0.2, 0.25) is 5.95 Å². The number of rotatable bonds is 4. The summed E-state index contributed by atoms with van der Waals surface area (Å²) in [4.78, 5) is 18.4. The minimum absolute atomic E-state index is 0.214. The number of methoxy groups -OCH3 is 1. The largest absolute Gasteiger partial charge is 0.497 e. The van der Waals surface area contributed by atoms with Gasteiger partial charge in [0.1, 0.15) is 5.75 Å². The van der Waals surface area contributed by atoms with Gasteiger partial charge in [-0.2, -0.15) is 10.1 Å². The summed E-state index contributed by atoms with van der Waals surface area (Å²) in [5.74, 6) is 1.60. The molecule has 3 heterocycles. The van der Waals surface area contributed by atoms with E-state index in [0.717, 1.165) is 22.7 Å². The molecule has 140 valence electrons. The first-order chi connectivity index (χ1) is 13.0. The van der Waals surface area contributed by atoms with E-state index in [1.807, 2.05) is 48.9 Å². The molecule has 1 aliphatic heterocycles. The topological polar surface area (TPSA) is 101 Å². The van der Waals surface area contributed by atoms with Crippen molar-refractivity contribution < 1.29 is 9.53 Å². The van der Waals surface area contributed by atoms with Crippen molar-refractivity contribution >= 4 is 12.0 Å². The van der Waals surface area contributed by atoms with Crippen molar-refractivity contribution in [2.45, 2.75) is 19.9 Å². The van der Waals surface area contributed by atoms with Gasteiger partial charge >= 0.3 is 6.03 Å². The molecule has 0 radical (unpaired) electrons. The van der Waals surface area contributed by atoms with Crippen molar-refractivity contribution in [1.29, 1.82) is 0 Å². The van der Waals surface area contributed by atoms with Gasteiger partial charge in [-0.15, -0.1) is 5.10 Å². The number of carbonyl (C=O) groups is 1. The molecule has 0 bridgehead atoms. The molecule has 1 aromatic carbocycles. The van der Waals surface area contributed by atoms with Crippen molar-refractivity contribution in [3.8, 4) is 17.1 Å². The van der Waals surface area contributed by atoms with Crippen LogP contribution in [0.15, 0.2) is 30.3 Å². The number of hydrogen-bond acceptors (Lipinski definition) is 5. The van der Waals surface area contributed by atoms with Crippen LogP contribution in [-0.2, 0) is 0 Å². The fourth-order valence-corrected chi connectivity index (χ4v) is 3.16. The second kappa shape index (κ2) is 6.75. The number of H-pyrrole nitrogens is 1. The zero-order chi connectivity index (χ0) is 19.0. The van der Waals surface area contributed by atoms with Gasteiger partial charge in [-0.3, -0.25) is 15.1 Å². The predicted molar refractivity (Wildman–Crippen MR) is 99.7 cm³/mol. The summed E-state index contributed by atoms with van der Waals surface area (Å²) < 4.78 is 7.12. The Labute approximate surface area is 156 Å². The Morgan fingerprint density at radius 3 is 2.63 bits per heavy atom. The number of aromatic amines is 1. The Morgan fingerprint density at radius 1 is 1.26 bits per heavy atom. The van der Waals surface area contributed by atoms with E-state index >= 15 is 0 Å². The van der Waals surface area contributed by atoms with Crippen molar-refractivity contribution in [1.82, 2.24) is 29.9 Å². The second-order valence-electron chi connectivity index (χ2n) is 6.60. The molecule has 1 saturated heterocycles. The van der Waals surface area contributed by atoms with Crippen LogP contribution in [0.2, 0.25) is 0 Å². The van der Waals surface area contributed by atoms with Crippen LogP contribution in [0.1, 0.15) is 17.4 Å². The van der Waals surface area contributed by atoms with Gasteiger partial charge in [-0.25, -0.2) is 4.79 Å². The zero-order valence-electron chi connectivity index (χ0n) is 15.4. The Hall–Kier alpha value is -3.36. The van der Waals surface area contributed by atoms with Crippen LogP contribution >= 0.6 is 0 Å². The number of anilines is 1. The molecule has 1 aliphatic rings. The Balaban J connectivity index is 1.35. The van der Waals surface area contributed by atoms with Gasteiger partial charge in [0.05, 0.1) is 18.8 Å². The number of nitrogens with one attached hydrogen (secondary N) is 2. The molecule has 1 fully saturated rings. The first-order valence-electron chi connectivity index (χ1n) is 8.69. The smallest absolute Gasteiger partial charge is 0.324 e. The summed E-state index contributed by atoms with van der Waals surface area (Å²) in [6, 6.07) is 9.47. The van der Waals surface area contributed by atoms with Gasteiger partial charge in [0.15, 0.2) is 5.82 Å². The SMILES string of the molecule is COc1ccc(-c2nc(NC(=O)N3CC(n4nc(C)cc4C)C3)n[nH]2)cc1. The monoisotopic (exact) mass is 367 g/mol. The van der Waals surface area contributed by atoms with Crippen molar-refractivity contribution in [2.75, 3.05) is 25.5 Å². The van der Waals surface area contributed by atoms with E-state index in [-0.39, 0.29) is 18.0 Å². The molecule has 0 aliphatic carbocycles. The molecule has 27 heavy (non-hydrogen) atoms. The molecule has 0 saturated carbocycles. The van der Waals surface area contributed by atoms with E-state index in [4.69, 9.17) is 4.74 Å². The van der Waals surface area contributed by atoms with Crippen molar-refractivity contribution in [3.63, 3.8) is 0 Å². The average Bonchev–Trinajstić information content (AvgIpc) is 3.20. The number of aryl methyl sites for hydroxylation is 2. The number of aromatic nitrogens is 5. The van der Waals surface area contributed by atoms with Gasteiger partial charge in [-0.1, -0.05) is 0 Å². The number of hydrogen-bond donors (Lipinski definition) is 2. The summed E-state index contributed by atoms with van der Waals surface area (Å²) in [7, 11) is 1.62. The van der Waals surface area contributed by atoms with E-state index in [2.05, 4.69) is 25.6 Å². The average molecular weight is 367 g/mol. The Kier molecular flexibility index (Phi) is 4.27. The lowest BCUT2D eigenvalue weighted by molar-refractivity contribution is 0.127. The van der Waals surface area contributed by atoms with Gasteiger partial charge in [0.25, 0.3) is 0 Å². The molecule has 4 rings (SSSR count). The maximum atomic E-state index is 12.4. The first kappa shape index (κ1) is 17.1. The molecule has 0 spiro atoms. The molecule has 2 N–H and O–H groups in total. The summed E-state index contributed by atoms with van der Waals surface area (Å²) in [6.45, 7) is 5.22. The fraction of sp³-hybridized carbons (Fsp3) is 0.333. The molecule has 2 amide bonds. The molecule has 0 atom stereocenters. The highest BCUT2D eigenvalue weighted by Crippen LogP contribution is 2.24. The summed E-state index contributed by atoms with van der Waals surface area (Å²) in [6.07, 6.45) is 0. The Morgan fingerprint density at radius 2 is 2.00 bits per heavy atom. The summed E-state index contributed by atoms with van der Waals surface area (Å²) in [5.41, 5.74) is 2.95. The molecule has 0 unspecified atom stereocenters. The summed E-state index contributed by atoms with van der Waals surface area (Å²) in [5, 5.41) is 14.1. The second-order valence-corrected chi connectivity index (χ2v) is 6.60. The first-order valence-corrected chi connectivity index (χ1v) is 8.69. The summed E-state index contributed by atoms with van der Waals surface area (Å²) >= 11 is 0. The van der Waals surface area contributed by atoms with Crippen LogP contribution in [0.5, 0.6) is 5.75 Å². The number of nitrogens with zero attached hydrogens (tertiary/aromatic N) is 5. The molecule has 2 aromatic heterocycles. The highest BCUT2D eigenvalue weighted by molar-refractivity contribution is 5.88. The normalized spacial score (nSPS) is 14.1. The lowest BCUT2D eigenvalue weighted by Crippen LogP contribution is -2.52. The minimum Gasteiger partial charge on any atom is -0.497 e. The van der Waals surface area contributed by atoms with E-state index in [9.17, 15) is 4.79 Å². The van der Waals surface area contributed by atoms with E-state index < -0.39 is 0 Å². The zero-order valence-corrected chi connectivity index (χ0v) is 15.4. The molecule has 9 nitrogen and oxygen atoms in total. The molecule has 9 heteroatoms. The quantitative estimate of drug-likeness (QED) is 0.737.